The van der Waals surface area contributed by atoms with Crippen molar-refractivity contribution >= 4 is 35.3 Å². The first-order chi connectivity index (χ1) is 26.1. The highest BCUT2D eigenvalue weighted by molar-refractivity contribution is 6.38. The number of ketones is 1. The molecular formula is C40H57N7O8. The molecule has 0 bridgehead atoms. The Kier molecular flexibility index (Phi) is 15.0. The summed E-state index contributed by atoms with van der Waals surface area (Å²) in [5, 5.41) is 11.2. The van der Waals surface area contributed by atoms with Crippen molar-refractivity contribution in [2.75, 3.05) is 20.4 Å². The maximum Gasteiger partial charge on any atom is 0.290 e. The molecule has 1 aliphatic carbocycles. The summed E-state index contributed by atoms with van der Waals surface area (Å²) in [5.41, 5.74) is 0.0304. The van der Waals surface area contributed by atoms with Crippen LogP contribution in [0.1, 0.15) is 96.2 Å². The first-order valence-corrected chi connectivity index (χ1v) is 19.1. The molecule has 5 amide bonds. The molecule has 1 aromatic heterocycles. The van der Waals surface area contributed by atoms with E-state index < -0.39 is 70.9 Å². The minimum Gasteiger partial charge on any atom is -0.359 e. The number of Topliss-reactive ketones (excluding diaryl/α,β-unsaturated/α-hetero) is 1. The lowest BCUT2D eigenvalue weighted by Crippen LogP contribution is -2.62. The third-order valence-electron chi connectivity index (χ3n) is 10.4. The van der Waals surface area contributed by atoms with Gasteiger partial charge in [0.1, 0.15) is 30.6 Å². The molecule has 1 aromatic carbocycles. The fourth-order valence-electron chi connectivity index (χ4n) is 7.48. The summed E-state index contributed by atoms with van der Waals surface area (Å²) in [5.74, 6) is -4.71. The molecule has 4 N–H and O–H groups in total. The van der Waals surface area contributed by atoms with Crippen LogP contribution in [0.5, 0.6) is 0 Å². The van der Waals surface area contributed by atoms with Gasteiger partial charge in [-0.1, -0.05) is 78.3 Å². The number of aromatic nitrogens is 2. The summed E-state index contributed by atoms with van der Waals surface area (Å²) in [4.78, 5) is 92.3. The summed E-state index contributed by atoms with van der Waals surface area (Å²) < 4.78 is 11.2. The Balaban J connectivity index is 1.59. The van der Waals surface area contributed by atoms with Gasteiger partial charge in [-0.05, 0) is 49.0 Å². The van der Waals surface area contributed by atoms with E-state index in [2.05, 4.69) is 31.2 Å². The molecule has 1 saturated carbocycles. The monoisotopic (exact) mass is 763 g/mol. The van der Waals surface area contributed by atoms with Crippen LogP contribution >= 0.6 is 0 Å². The average molecular weight is 764 g/mol. The third kappa shape index (κ3) is 10.7. The molecule has 0 radical (unpaired) electrons. The van der Waals surface area contributed by atoms with Gasteiger partial charge in [-0.2, -0.15) is 0 Å². The lowest BCUT2D eigenvalue weighted by atomic mass is 9.85. The molecule has 4 rings (SSSR count). The fourth-order valence-corrected chi connectivity index (χ4v) is 7.48. The molecular weight excluding hydrogens is 706 g/mol. The van der Waals surface area contributed by atoms with Gasteiger partial charge < -0.3 is 35.6 Å². The van der Waals surface area contributed by atoms with Crippen molar-refractivity contribution in [3.05, 3.63) is 60.2 Å². The van der Waals surface area contributed by atoms with E-state index in [0.29, 0.717) is 19.3 Å². The first-order valence-electron chi connectivity index (χ1n) is 19.1. The predicted octanol–water partition coefficient (Wildman–Crippen LogP) is 2.72. The number of nitrogens with zero attached hydrogens (tertiary/aromatic N) is 3. The van der Waals surface area contributed by atoms with E-state index in [1.807, 2.05) is 37.3 Å². The molecule has 2 heterocycles. The molecule has 8 atom stereocenters. The fraction of sp³-hybridized carbons (Fsp3) is 0.600. The summed E-state index contributed by atoms with van der Waals surface area (Å²) >= 11 is 0. The molecule has 15 heteroatoms. The highest BCUT2D eigenvalue weighted by Gasteiger charge is 2.55. The normalized spacial score (nSPS) is 21.5. The molecule has 55 heavy (non-hydrogen) atoms. The summed E-state index contributed by atoms with van der Waals surface area (Å²) in [6.45, 7) is 12.8. The van der Waals surface area contributed by atoms with Crippen molar-refractivity contribution in [3.8, 4) is 0 Å². The van der Waals surface area contributed by atoms with Crippen LogP contribution in [0.2, 0.25) is 0 Å². The molecule has 1 aliphatic heterocycles. The van der Waals surface area contributed by atoms with Crippen LogP contribution in [0.4, 0.5) is 0 Å². The second-order valence-electron chi connectivity index (χ2n) is 15.9. The van der Waals surface area contributed by atoms with Crippen molar-refractivity contribution in [1.29, 1.82) is 0 Å². The van der Waals surface area contributed by atoms with Gasteiger partial charge in [0, 0.05) is 32.0 Å². The van der Waals surface area contributed by atoms with Gasteiger partial charge in [0.2, 0.25) is 23.5 Å². The number of nitrogens with one attached hydrogen (secondary N) is 4. The zero-order valence-corrected chi connectivity index (χ0v) is 33.2. The molecule has 2 aliphatic rings. The first kappa shape index (κ1) is 43.0. The van der Waals surface area contributed by atoms with E-state index in [-0.39, 0.29) is 49.3 Å². The number of amides is 5. The number of hydrogen-bond acceptors (Lipinski definition) is 10. The number of methoxy groups -OCH3 is 1. The Morgan fingerprint density at radius 1 is 0.927 bits per heavy atom. The smallest absolute Gasteiger partial charge is 0.290 e. The third-order valence-corrected chi connectivity index (χ3v) is 10.4. The van der Waals surface area contributed by atoms with Crippen molar-refractivity contribution < 1.29 is 38.2 Å². The topological polar surface area (TPSA) is 198 Å². The maximum atomic E-state index is 14.8. The molecule has 1 saturated heterocycles. The Labute approximate surface area is 323 Å². The Bertz CT molecular complexity index is 1650. The molecule has 15 nitrogen and oxygen atoms in total. The zero-order valence-electron chi connectivity index (χ0n) is 33.2. The van der Waals surface area contributed by atoms with Crippen molar-refractivity contribution in [3.63, 3.8) is 0 Å². The maximum absolute atomic E-state index is 14.8. The van der Waals surface area contributed by atoms with Gasteiger partial charge in [-0.15, -0.1) is 0 Å². The second kappa shape index (κ2) is 19.2. The summed E-state index contributed by atoms with van der Waals surface area (Å²) in [7, 11) is 1.52. The number of likely N-dealkylation sites (tertiary alicyclic amines) is 1. The number of carbonyl (C=O) groups is 6. The largest absolute Gasteiger partial charge is 0.359 e. The van der Waals surface area contributed by atoms with Crippen molar-refractivity contribution in [1.82, 2.24) is 36.1 Å². The highest BCUT2D eigenvalue weighted by Crippen LogP contribution is 2.44. The second-order valence-corrected chi connectivity index (χ2v) is 15.9. The van der Waals surface area contributed by atoms with Crippen LogP contribution in [-0.2, 0) is 33.4 Å². The Morgan fingerprint density at radius 2 is 1.64 bits per heavy atom. The van der Waals surface area contributed by atoms with Gasteiger partial charge in [0.15, 0.2) is 0 Å². The lowest BCUT2D eigenvalue weighted by molar-refractivity contribution is -0.146. The van der Waals surface area contributed by atoms with E-state index in [9.17, 15) is 28.8 Å². The molecule has 0 spiro atoms. The van der Waals surface area contributed by atoms with E-state index >= 15 is 0 Å². The molecule has 2 aromatic rings. The van der Waals surface area contributed by atoms with Crippen molar-refractivity contribution in [2.45, 2.75) is 110 Å². The minimum atomic E-state index is -1.12. The van der Waals surface area contributed by atoms with Gasteiger partial charge in [-0.3, -0.25) is 33.8 Å². The van der Waals surface area contributed by atoms with E-state index in [1.165, 1.54) is 30.6 Å². The standard InChI is InChI=1S/C40H57N7O8/c1-9-13-28(33(48)38(52)43-24(4)25-14-11-10-12-15-25)44-37(51)32-26-16-17-30(55-22-54-8)27(26)21-47(32)39(53)34(40(5,6)7)46-36(50)31(23(2)3)45-35(49)29-20-41-18-19-42-29/h10-12,14-15,18-20,23-24,26-28,30-32,34H,9,13,16-17,21-22H2,1-8H3,(H,43,52)(H,44,51)(H,45,49)(H,46,50)/t24-,26-,27-,28?,30+,31-,32-,34+/m0/s1. The number of hydrogen-bond donors (Lipinski definition) is 4. The van der Waals surface area contributed by atoms with E-state index in [1.54, 1.807) is 41.5 Å². The van der Waals surface area contributed by atoms with Crippen molar-refractivity contribution in [2.24, 2.45) is 23.2 Å². The van der Waals surface area contributed by atoms with Crippen LogP contribution in [0.3, 0.4) is 0 Å². The molecule has 2 fully saturated rings. The number of benzene rings is 1. The van der Waals surface area contributed by atoms with E-state index in [0.717, 1.165) is 5.56 Å². The zero-order chi connectivity index (χ0) is 40.4. The summed E-state index contributed by atoms with van der Waals surface area (Å²) in [6.07, 6.45) is 5.74. The lowest BCUT2D eigenvalue weighted by Gasteiger charge is -2.37. The van der Waals surface area contributed by atoms with Gasteiger partial charge in [-0.25, -0.2) is 4.98 Å². The highest BCUT2D eigenvalue weighted by atomic mass is 16.7. The average Bonchev–Trinajstić information content (AvgIpc) is 3.73. The number of rotatable bonds is 17. The number of carbonyl (C=O) groups excluding carboxylic acids is 6. The van der Waals surface area contributed by atoms with Crippen LogP contribution in [0, 0.1) is 23.2 Å². The van der Waals surface area contributed by atoms with Crippen LogP contribution in [0.25, 0.3) is 0 Å². The quantitative estimate of drug-likeness (QED) is 0.137. The number of ether oxygens (including phenoxy) is 2. The van der Waals surface area contributed by atoms with Crippen LogP contribution in [0.15, 0.2) is 48.9 Å². The van der Waals surface area contributed by atoms with Crippen LogP contribution in [-0.4, -0.2) is 101 Å². The predicted molar refractivity (Wildman–Crippen MR) is 203 cm³/mol. The molecule has 300 valence electrons. The number of fused-ring (bicyclic) bond motifs is 1. The van der Waals surface area contributed by atoms with Gasteiger partial charge in [0.25, 0.3) is 11.8 Å². The van der Waals surface area contributed by atoms with Crippen LogP contribution < -0.4 is 21.3 Å². The Hall–Kier alpha value is -4.76. The summed E-state index contributed by atoms with van der Waals surface area (Å²) in [6, 6.07) is 4.53. The van der Waals surface area contributed by atoms with Gasteiger partial charge >= 0.3 is 0 Å². The minimum absolute atomic E-state index is 0.0372. The Morgan fingerprint density at radius 3 is 2.24 bits per heavy atom. The SMILES string of the molecule is CCCC(NC(=O)[C@@H]1[C@H]2CC[C@@H](OCOC)[C@H]2CN1C(=O)[C@@H](NC(=O)[C@@H](NC(=O)c1cnccn1)C(C)C)C(C)(C)C)C(=O)C(=O)N[C@@H](C)c1ccccc1. The van der Waals surface area contributed by atoms with Gasteiger partial charge in [0.05, 0.1) is 24.4 Å². The van der Waals surface area contributed by atoms with E-state index in [4.69, 9.17) is 9.47 Å². The molecule has 1 unspecified atom stereocenters.